The van der Waals surface area contributed by atoms with Crippen molar-refractivity contribution in [2.24, 2.45) is 0 Å². The smallest absolute Gasteiger partial charge is 0.0417 e. The molecule has 0 spiro atoms. The van der Waals surface area contributed by atoms with Crippen LogP contribution in [-0.4, -0.2) is 17.8 Å². The summed E-state index contributed by atoms with van der Waals surface area (Å²) in [4.78, 5) is 1.24. The molecule has 0 aliphatic rings. The fourth-order valence-corrected chi connectivity index (χ4v) is 2.68. The van der Waals surface area contributed by atoms with Crippen LogP contribution in [0.25, 0.3) is 0 Å². The number of thioether (sulfide) groups is 1. The lowest BCUT2D eigenvalue weighted by Crippen LogP contribution is -2.33. The SMILES string of the molecule is CCNC(C)C(C)Sc1cccc(Cl)c1. The molecule has 0 saturated carbocycles. The molecular formula is C12H18ClNS. The number of hydrogen-bond donors (Lipinski definition) is 1. The summed E-state index contributed by atoms with van der Waals surface area (Å²) in [7, 11) is 0. The Morgan fingerprint density at radius 3 is 2.73 bits per heavy atom. The van der Waals surface area contributed by atoms with Crippen LogP contribution >= 0.6 is 23.4 Å². The zero-order valence-electron chi connectivity index (χ0n) is 9.46. The van der Waals surface area contributed by atoms with Gasteiger partial charge in [-0.05, 0) is 31.7 Å². The molecule has 1 aromatic carbocycles. The number of halogens is 1. The van der Waals surface area contributed by atoms with E-state index in [1.54, 1.807) is 0 Å². The minimum Gasteiger partial charge on any atom is -0.313 e. The van der Waals surface area contributed by atoms with Gasteiger partial charge in [-0.1, -0.05) is 31.5 Å². The molecule has 0 saturated heterocycles. The molecule has 0 heterocycles. The molecule has 1 rings (SSSR count). The van der Waals surface area contributed by atoms with Crippen LogP contribution in [-0.2, 0) is 0 Å². The summed E-state index contributed by atoms with van der Waals surface area (Å²) < 4.78 is 0. The van der Waals surface area contributed by atoms with Crippen LogP contribution < -0.4 is 5.32 Å². The van der Waals surface area contributed by atoms with Gasteiger partial charge in [-0.15, -0.1) is 11.8 Å². The van der Waals surface area contributed by atoms with Crippen molar-refractivity contribution >= 4 is 23.4 Å². The van der Waals surface area contributed by atoms with E-state index in [0.717, 1.165) is 11.6 Å². The van der Waals surface area contributed by atoms with E-state index >= 15 is 0 Å². The van der Waals surface area contributed by atoms with Crippen molar-refractivity contribution in [3.8, 4) is 0 Å². The summed E-state index contributed by atoms with van der Waals surface area (Å²) in [6.45, 7) is 7.60. The second-order valence-corrected chi connectivity index (χ2v) is 5.51. The van der Waals surface area contributed by atoms with Gasteiger partial charge in [0.1, 0.15) is 0 Å². The highest BCUT2D eigenvalue weighted by Gasteiger charge is 2.12. The molecule has 1 N–H and O–H groups in total. The lowest BCUT2D eigenvalue weighted by atomic mass is 10.2. The van der Waals surface area contributed by atoms with Crippen LogP contribution in [0.2, 0.25) is 5.02 Å². The minimum atomic E-state index is 0.513. The molecule has 2 atom stereocenters. The van der Waals surface area contributed by atoms with Crippen molar-refractivity contribution in [3.63, 3.8) is 0 Å². The van der Waals surface area contributed by atoms with Gasteiger partial charge in [0.2, 0.25) is 0 Å². The predicted molar refractivity (Wildman–Crippen MR) is 69.9 cm³/mol. The predicted octanol–water partition coefficient (Wildman–Crippen LogP) is 3.82. The number of hydrogen-bond acceptors (Lipinski definition) is 2. The zero-order valence-corrected chi connectivity index (χ0v) is 11.0. The maximum atomic E-state index is 5.94. The van der Waals surface area contributed by atoms with Gasteiger partial charge in [0.15, 0.2) is 0 Å². The number of nitrogens with one attached hydrogen (secondary N) is 1. The second-order valence-electron chi connectivity index (χ2n) is 3.63. The van der Waals surface area contributed by atoms with Gasteiger partial charge in [0.05, 0.1) is 0 Å². The molecule has 0 fully saturated rings. The summed E-state index contributed by atoms with van der Waals surface area (Å²) in [5, 5.41) is 4.78. The minimum absolute atomic E-state index is 0.513. The van der Waals surface area contributed by atoms with Crippen molar-refractivity contribution in [1.82, 2.24) is 5.32 Å². The summed E-state index contributed by atoms with van der Waals surface area (Å²) in [5.74, 6) is 0. The van der Waals surface area contributed by atoms with Gasteiger partial charge in [-0.25, -0.2) is 0 Å². The van der Waals surface area contributed by atoms with E-state index in [1.807, 2.05) is 30.0 Å². The Labute approximate surface area is 102 Å². The summed E-state index contributed by atoms with van der Waals surface area (Å²) >= 11 is 7.80. The zero-order chi connectivity index (χ0) is 11.3. The third-order valence-electron chi connectivity index (χ3n) is 2.35. The van der Waals surface area contributed by atoms with E-state index in [1.165, 1.54) is 4.90 Å². The molecule has 84 valence electrons. The van der Waals surface area contributed by atoms with Crippen molar-refractivity contribution < 1.29 is 0 Å². The van der Waals surface area contributed by atoms with Gasteiger partial charge in [0.25, 0.3) is 0 Å². The van der Waals surface area contributed by atoms with Crippen LogP contribution in [0.5, 0.6) is 0 Å². The molecule has 2 unspecified atom stereocenters. The first-order valence-electron chi connectivity index (χ1n) is 5.29. The van der Waals surface area contributed by atoms with Gasteiger partial charge in [-0.3, -0.25) is 0 Å². The fraction of sp³-hybridized carbons (Fsp3) is 0.500. The monoisotopic (exact) mass is 243 g/mol. The molecule has 0 bridgehead atoms. The Morgan fingerprint density at radius 1 is 1.40 bits per heavy atom. The largest absolute Gasteiger partial charge is 0.313 e. The van der Waals surface area contributed by atoms with E-state index < -0.39 is 0 Å². The van der Waals surface area contributed by atoms with Gasteiger partial charge in [0, 0.05) is 21.2 Å². The molecule has 3 heteroatoms. The number of rotatable bonds is 5. The Bertz CT molecular complexity index is 303. The Balaban J connectivity index is 2.54. The lowest BCUT2D eigenvalue weighted by Gasteiger charge is -2.20. The highest BCUT2D eigenvalue weighted by Crippen LogP contribution is 2.27. The molecule has 1 aromatic rings. The molecule has 15 heavy (non-hydrogen) atoms. The Morgan fingerprint density at radius 2 is 2.13 bits per heavy atom. The van der Waals surface area contributed by atoms with Crippen LogP contribution in [0.3, 0.4) is 0 Å². The van der Waals surface area contributed by atoms with E-state index in [0.29, 0.717) is 11.3 Å². The van der Waals surface area contributed by atoms with Crippen LogP contribution in [0, 0.1) is 0 Å². The molecule has 0 aromatic heterocycles. The van der Waals surface area contributed by atoms with Gasteiger partial charge >= 0.3 is 0 Å². The average molecular weight is 244 g/mol. The third-order valence-corrected chi connectivity index (χ3v) is 3.89. The molecule has 0 amide bonds. The first-order valence-corrected chi connectivity index (χ1v) is 6.55. The van der Waals surface area contributed by atoms with Crippen LogP contribution in [0.1, 0.15) is 20.8 Å². The fourth-order valence-electron chi connectivity index (χ4n) is 1.34. The maximum Gasteiger partial charge on any atom is 0.0417 e. The summed E-state index contributed by atoms with van der Waals surface area (Å²) in [6, 6.07) is 8.53. The van der Waals surface area contributed by atoms with Crippen LogP contribution in [0.4, 0.5) is 0 Å². The van der Waals surface area contributed by atoms with E-state index in [-0.39, 0.29) is 0 Å². The summed E-state index contributed by atoms with van der Waals surface area (Å²) in [6.07, 6.45) is 0. The second kappa shape index (κ2) is 6.41. The van der Waals surface area contributed by atoms with Crippen molar-refractivity contribution in [2.75, 3.05) is 6.54 Å². The lowest BCUT2D eigenvalue weighted by molar-refractivity contribution is 0.563. The Hall–Kier alpha value is -0.180. The molecule has 1 nitrogen and oxygen atoms in total. The van der Waals surface area contributed by atoms with Gasteiger partial charge in [-0.2, -0.15) is 0 Å². The van der Waals surface area contributed by atoms with E-state index in [2.05, 4.69) is 32.2 Å². The third kappa shape index (κ3) is 4.45. The highest BCUT2D eigenvalue weighted by molar-refractivity contribution is 8.00. The van der Waals surface area contributed by atoms with E-state index in [4.69, 9.17) is 11.6 Å². The standard InChI is InChI=1S/C12H18ClNS/c1-4-14-9(2)10(3)15-12-7-5-6-11(13)8-12/h5-10,14H,4H2,1-3H3. The summed E-state index contributed by atoms with van der Waals surface area (Å²) in [5.41, 5.74) is 0. The topological polar surface area (TPSA) is 12.0 Å². The number of benzene rings is 1. The van der Waals surface area contributed by atoms with Crippen LogP contribution in [0.15, 0.2) is 29.2 Å². The normalized spacial score (nSPS) is 14.9. The first kappa shape index (κ1) is 12.9. The average Bonchev–Trinajstić information content (AvgIpc) is 2.18. The van der Waals surface area contributed by atoms with Gasteiger partial charge < -0.3 is 5.32 Å². The Kier molecular flexibility index (Phi) is 5.51. The van der Waals surface area contributed by atoms with Crippen molar-refractivity contribution in [3.05, 3.63) is 29.3 Å². The maximum absolute atomic E-state index is 5.94. The van der Waals surface area contributed by atoms with Crippen molar-refractivity contribution in [1.29, 1.82) is 0 Å². The molecular weight excluding hydrogens is 226 g/mol. The molecule has 0 aliphatic carbocycles. The van der Waals surface area contributed by atoms with E-state index in [9.17, 15) is 0 Å². The van der Waals surface area contributed by atoms with Crippen molar-refractivity contribution in [2.45, 2.75) is 37.0 Å². The quantitative estimate of drug-likeness (QED) is 0.790. The highest BCUT2D eigenvalue weighted by atomic mass is 35.5. The molecule has 0 aliphatic heterocycles. The first-order chi connectivity index (χ1) is 7.13. The molecule has 0 radical (unpaired) electrons.